The minimum absolute atomic E-state index is 0.248. The Labute approximate surface area is 112 Å². The van der Waals surface area contributed by atoms with Crippen LogP contribution in [-0.2, 0) is 4.74 Å². The van der Waals surface area contributed by atoms with Crippen LogP contribution in [0.1, 0.15) is 59.3 Å². The second-order valence-electron chi connectivity index (χ2n) is 5.29. The lowest BCUT2D eigenvalue weighted by Crippen LogP contribution is -2.44. The lowest BCUT2D eigenvalue weighted by Gasteiger charge is -2.23. The number of hydrogen-bond acceptors (Lipinski definition) is 4. The van der Waals surface area contributed by atoms with Gasteiger partial charge in [-0.15, -0.1) is 0 Å². The van der Waals surface area contributed by atoms with Crippen molar-refractivity contribution in [3.63, 3.8) is 0 Å². The first-order valence-electron chi connectivity index (χ1n) is 7.35. The normalized spacial score (nSPS) is 13.5. The molecule has 1 atom stereocenters. The number of rotatable bonds is 12. The molecule has 4 nitrogen and oxygen atoms in total. The van der Waals surface area contributed by atoms with Gasteiger partial charge in [-0.1, -0.05) is 39.0 Å². The number of unbranched alkanes of at least 4 members (excludes halogenated alkanes) is 5. The summed E-state index contributed by atoms with van der Waals surface area (Å²) in [4.78, 5) is 0. The van der Waals surface area contributed by atoms with Crippen molar-refractivity contribution in [2.24, 2.45) is 5.84 Å². The van der Waals surface area contributed by atoms with Gasteiger partial charge < -0.3 is 9.84 Å². The van der Waals surface area contributed by atoms with Crippen molar-refractivity contribution >= 4 is 0 Å². The Bertz CT molecular complexity index is 177. The Kier molecular flexibility index (Phi) is 11.8. The summed E-state index contributed by atoms with van der Waals surface area (Å²) in [6, 6.07) is 0.248. The molecule has 0 aliphatic heterocycles. The molecule has 0 radical (unpaired) electrons. The average Bonchev–Trinajstić information content (AvgIpc) is 2.32. The molecule has 0 heterocycles. The molecule has 1 unspecified atom stereocenters. The van der Waals surface area contributed by atoms with Crippen LogP contribution in [0, 0.1) is 0 Å². The fraction of sp³-hybridized carbons (Fsp3) is 1.00. The van der Waals surface area contributed by atoms with Gasteiger partial charge >= 0.3 is 0 Å². The molecule has 0 aromatic rings. The topological polar surface area (TPSA) is 58.7 Å². The van der Waals surface area contributed by atoms with Crippen molar-refractivity contribution in [3.8, 4) is 0 Å². The van der Waals surface area contributed by atoms with Gasteiger partial charge in [-0.3, -0.25) is 5.84 Å². The number of nitrogens with two attached hydrogens (primary N) is 1. The third-order valence-corrected chi connectivity index (χ3v) is 3.04. The van der Waals surface area contributed by atoms with Crippen LogP contribution >= 0.6 is 0 Å². The van der Waals surface area contributed by atoms with E-state index in [1.54, 1.807) is 5.01 Å². The molecule has 0 spiro atoms. The first-order chi connectivity index (χ1) is 8.57. The first kappa shape index (κ1) is 17.8. The SMILES string of the molecule is CCCCCCCCOCC(O)CN(N)C(C)C. The van der Waals surface area contributed by atoms with E-state index in [0.717, 1.165) is 13.0 Å². The lowest BCUT2D eigenvalue weighted by molar-refractivity contribution is 0.00988. The van der Waals surface area contributed by atoms with Gasteiger partial charge in [0.1, 0.15) is 0 Å². The van der Waals surface area contributed by atoms with Gasteiger partial charge in [-0.05, 0) is 20.3 Å². The zero-order valence-electron chi connectivity index (χ0n) is 12.4. The van der Waals surface area contributed by atoms with Crippen LogP contribution in [0.3, 0.4) is 0 Å². The maximum Gasteiger partial charge on any atom is 0.0914 e. The number of hydrogen-bond donors (Lipinski definition) is 2. The monoisotopic (exact) mass is 260 g/mol. The Morgan fingerprint density at radius 3 is 2.33 bits per heavy atom. The number of nitrogens with zero attached hydrogens (tertiary/aromatic N) is 1. The van der Waals surface area contributed by atoms with Crippen LogP contribution < -0.4 is 5.84 Å². The van der Waals surface area contributed by atoms with Crippen LogP contribution in [-0.4, -0.2) is 42.0 Å². The maximum atomic E-state index is 9.69. The summed E-state index contributed by atoms with van der Waals surface area (Å²) in [5.74, 6) is 5.73. The summed E-state index contributed by atoms with van der Waals surface area (Å²) in [6.45, 7) is 7.83. The number of hydrazine groups is 1. The highest BCUT2D eigenvalue weighted by molar-refractivity contribution is 4.62. The third-order valence-electron chi connectivity index (χ3n) is 3.04. The number of aliphatic hydroxyl groups is 1. The minimum Gasteiger partial charge on any atom is -0.389 e. The maximum absolute atomic E-state index is 9.69. The van der Waals surface area contributed by atoms with Crippen LogP contribution in [0.25, 0.3) is 0 Å². The Balaban J connectivity index is 3.27. The van der Waals surface area contributed by atoms with E-state index in [0.29, 0.717) is 13.2 Å². The highest BCUT2D eigenvalue weighted by Crippen LogP contribution is 2.05. The largest absolute Gasteiger partial charge is 0.389 e. The van der Waals surface area contributed by atoms with Gasteiger partial charge in [0.05, 0.1) is 12.7 Å². The number of aliphatic hydroxyl groups excluding tert-OH is 1. The van der Waals surface area contributed by atoms with E-state index >= 15 is 0 Å². The van der Waals surface area contributed by atoms with Crippen molar-refractivity contribution in [1.29, 1.82) is 0 Å². The van der Waals surface area contributed by atoms with E-state index < -0.39 is 6.10 Å². The summed E-state index contributed by atoms with van der Waals surface area (Å²) >= 11 is 0. The summed E-state index contributed by atoms with van der Waals surface area (Å²) in [6.07, 6.45) is 7.07. The summed E-state index contributed by atoms with van der Waals surface area (Å²) < 4.78 is 5.45. The van der Waals surface area contributed by atoms with Crippen molar-refractivity contribution in [2.45, 2.75) is 71.4 Å². The van der Waals surface area contributed by atoms with E-state index in [-0.39, 0.29) is 6.04 Å². The second-order valence-corrected chi connectivity index (χ2v) is 5.29. The Morgan fingerprint density at radius 1 is 1.11 bits per heavy atom. The van der Waals surface area contributed by atoms with E-state index in [1.807, 2.05) is 13.8 Å². The molecule has 0 fully saturated rings. The van der Waals surface area contributed by atoms with Crippen LogP contribution in [0.15, 0.2) is 0 Å². The standard InChI is InChI=1S/C14H32N2O2/c1-4-5-6-7-8-9-10-18-12-14(17)11-16(15)13(2)3/h13-14,17H,4-12,15H2,1-3H3. The van der Waals surface area contributed by atoms with Gasteiger partial charge in [0.2, 0.25) is 0 Å². The molecular weight excluding hydrogens is 228 g/mol. The molecule has 0 saturated heterocycles. The third kappa shape index (κ3) is 11.0. The predicted molar refractivity (Wildman–Crippen MR) is 76.2 cm³/mol. The van der Waals surface area contributed by atoms with Gasteiger partial charge in [-0.2, -0.15) is 0 Å². The molecule has 0 rings (SSSR count). The van der Waals surface area contributed by atoms with Crippen LogP contribution in [0.5, 0.6) is 0 Å². The van der Waals surface area contributed by atoms with Gasteiger partial charge in [0.25, 0.3) is 0 Å². The summed E-state index contributed by atoms with van der Waals surface area (Å²) in [7, 11) is 0. The highest BCUT2D eigenvalue weighted by atomic mass is 16.5. The van der Waals surface area contributed by atoms with Gasteiger partial charge in [0, 0.05) is 19.2 Å². The van der Waals surface area contributed by atoms with Crippen molar-refractivity contribution in [1.82, 2.24) is 5.01 Å². The van der Waals surface area contributed by atoms with Crippen molar-refractivity contribution < 1.29 is 9.84 Å². The number of ether oxygens (including phenoxy) is 1. The molecule has 0 amide bonds. The molecule has 3 N–H and O–H groups in total. The Hall–Kier alpha value is -0.160. The minimum atomic E-state index is -0.488. The molecule has 0 saturated carbocycles. The molecule has 0 aromatic carbocycles. The summed E-state index contributed by atoms with van der Waals surface area (Å²) in [5, 5.41) is 11.3. The predicted octanol–water partition coefficient (Wildman–Crippen LogP) is 2.31. The van der Waals surface area contributed by atoms with E-state index in [2.05, 4.69) is 6.92 Å². The van der Waals surface area contributed by atoms with E-state index in [9.17, 15) is 5.11 Å². The van der Waals surface area contributed by atoms with Crippen molar-refractivity contribution in [3.05, 3.63) is 0 Å². The Morgan fingerprint density at radius 2 is 1.72 bits per heavy atom. The van der Waals surface area contributed by atoms with E-state index in [1.165, 1.54) is 32.1 Å². The van der Waals surface area contributed by atoms with Crippen molar-refractivity contribution in [2.75, 3.05) is 19.8 Å². The second kappa shape index (κ2) is 11.9. The molecule has 0 bridgehead atoms. The average molecular weight is 260 g/mol. The smallest absolute Gasteiger partial charge is 0.0914 e. The van der Waals surface area contributed by atoms with Crippen LogP contribution in [0.2, 0.25) is 0 Å². The molecule has 18 heavy (non-hydrogen) atoms. The molecule has 4 heteroatoms. The molecule has 110 valence electrons. The van der Waals surface area contributed by atoms with Crippen LogP contribution in [0.4, 0.5) is 0 Å². The quantitative estimate of drug-likeness (QED) is 0.321. The van der Waals surface area contributed by atoms with E-state index in [4.69, 9.17) is 10.6 Å². The lowest BCUT2D eigenvalue weighted by atomic mass is 10.1. The zero-order chi connectivity index (χ0) is 13.8. The molecule has 0 aliphatic carbocycles. The highest BCUT2D eigenvalue weighted by Gasteiger charge is 2.10. The molecule has 0 aromatic heterocycles. The van der Waals surface area contributed by atoms with Gasteiger partial charge in [0.15, 0.2) is 0 Å². The van der Waals surface area contributed by atoms with Gasteiger partial charge in [-0.25, -0.2) is 5.01 Å². The first-order valence-corrected chi connectivity index (χ1v) is 7.35. The summed E-state index contributed by atoms with van der Waals surface area (Å²) in [5.41, 5.74) is 0. The zero-order valence-corrected chi connectivity index (χ0v) is 12.4. The fourth-order valence-corrected chi connectivity index (χ4v) is 1.71. The molecule has 0 aliphatic rings. The molecular formula is C14H32N2O2. The fourth-order valence-electron chi connectivity index (χ4n) is 1.71.